The highest BCUT2D eigenvalue weighted by molar-refractivity contribution is 7.99. The summed E-state index contributed by atoms with van der Waals surface area (Å²) in [5, 5.41) is 38.2. The Morgan fingerprint density at radius 1 is 1.18 bits per heavy atom. The largest absolute Gasteiger partial charge is 0.492 e. The van der Waals surface area contributed by atoms with Gasteiger partial charge in [0.25, 0.3) is 0 Å². The molecule has 38 heavy (non-hydrogen) atoms. The SMILES string of the molecule is O=C(O)/C=C\O[C@@H]1[C@@H](n2cc(-c3cc(F)c(F)c(F)c3)nn2)[C@@H](O)[C@@H](CO)O[C@@H]1Sc1ccc(Cl)c(Cl)c1. The molecule has 5 atom stereocenters. The summed E-state index contributed by atoms with van der Waals surface area (Å²) in [5.74, 6) is -5.81. The molecule has 0 amide bonds. The van der Waals surface area contributed by atoms with Gasteiger partial charge in [-0.15, -0.1) is 5.10 Å². The van der Waals surface area contributed by atoms with Crippen LogP contribution in [0, 0.1) is 17.5 Å². The highest BCUT2D eigenvalue weighted by Gasteiger charge is 2.48. The first-order valence-corrected chi connectivity index (χ1v) is 12.4. The quantitative estimate of drug-likeness (QED) is 0.202. The monoisotopic (exact) mass is 591 g/mol. The van der Waals surface area contributed by atoms with Gasteiger partial charge in [-0.2, -0.15) is 0 Å². The van der Waals surface area contributed by atoms with E-state index in [1.54, 1.807) is 18.2 Å². The number of hydrogen-bond acceptors (Lipinski definition) is 8. The molecule has 1 aliphatic rings. The number of aromatic nitrogens is 3. The molecule has 3 aromatic rings. The van der Waals surface area contributed by atoms with Crippen molar-refractivity contribution in [3.05, 3.63) is 76.4 Å². The molecule has 4 rings (SSSR count). The van der Waals surface area contributed by atoms with Crippen molar-refractivity contribution in [3.8, 4) is 11.3 Å². The van der Waals surface area contributed by atoms with Crippen molar-refractivity contribution in [1.82, 2.24) is 15.0 Å². The van der Waals surface area contributed by atoms with Crippen LogP contribution in [-0.2, 0) is 14.3 Å². The second-order valence-corrected chi connectivity index (χ2v) is 9.97. The third kappa shape index (κ3) is 6.08. The fourth-order valence-electron chi connectivity index (χ4n) is 3.73. The summed E-state index contributed by atoms with van der Waals surface area (Å²) in [5.41, 5.74) is -1.15. The maximum absolute atomic E-state index is 13.8. The second-order valence-electron chi connectivity index (χ2n) is 7.98. The Kier molecular flexibility index (Phi) is 8.85. The van der Waals surface area contributed by atoms with Crippen LogP contribution in [0.1, 0.15) is 6.04 Å². The van der Waals surface area contributed by atoms with E-state index >= 15 is 0 Å². The molecule has 0 radical (unpaired) electrons. The van der Waals surface area contributed by atoms with Gasteiger partial charge in [-0.25, -0.2) is 22.6 Å². The molecule has 2 aromatic carbocycles. The molecule has 202 valence electrons. The van der Waals surface area contributed by atoms with Gasteiger partial charge >= 0.3 is 5.97 Å². The van der Waals surface area contributed by atoms with Crippen LogP contribution in [0.25, 0.3) is 11.3 Å². The van der Waals surface area contributed by atoms with Crippen molar-refractivity contribution in [3.63, 3.8) is 0 Å². The number of carboxylic acid groups (broad SMARTS) is 1. The number of rotatable bonds is 8. The van der Waals surface area contributed by atoms with Gasteiger partial charge in [-0.1, -0.05) is 40.2 Å². The topological polar surface area (TPSA) is 127 Å². The Bertz CT molecular complexity index is 1340. The molecule has 3 N–H and O–H groups in total. The zero-order valence-corrected chi connectivity index (χ0v) is 21.2. The Morgan fingerprint density at radius 3 is 2.53 bits per heavy atom. The fourth-order valence-corrected chi connectivity index (χ4v) is 5.25. The summed E-state index contributed by atoms with van der Waals surface area (Å²) in [4.78, 5) is 11.6. The number of nitrogens with zero attached hydrogens (tertiary/aromatic N) is 3. The van der Waals surface area contributed by atoms with E-state index in [4.69, 9.17) is 37.8 Å². The zero-order chi connectivity index (χ0) is 27.6. The van der Waals surface area contributed by atoms with Gasteiger partial charge < -0.3 is 24.8 Å². The predicted molar refractivity (Wildman–Crippen MR) is 130 cm³/mol. The number of hydrogen-bond donors (Lipinski definition) is 3. The van der Waals surface area contributed by atoms with E-state index in [0.29, 0.717) is 9.92 Å². The van der Waals surface area contributed by atoms with Crippen LogP contribution in [0.15, 0.2) is 53.8 Å². The minimum atomic E-state index is -1.65. The smallest absolute Gasteiger partial charge is 0.331 e. The number of ether oxygens (including phenoxy) is 2. The summed E-state index contributed by atoms with van der Waals surface area (Å²) >= 11 is 13.2. The van der Waals surface area contributed by atoms with Gasteiger partial charge in [-0.05, 0) is 30.3 Å². The van der Waals surface area contributed by atoms with Gasteiger partial charge in [0.2, 0.25) is 0 Å². The molecular formula is C23H18Cl2F3N3O6S. The third-order valence-electron chi connectivity index (χ3n) is 5.51. The Balaban J connectivity index is 1.73. The lowest BCUT2D eigenvalue weighted by Crippen LogP contribution is -2.55. The van der Waals surface area contributed by atoms with E-state index in [-0.39, 0.29) is 16.3 Å². The van der Waals surface area contributed by atoms with E-state index in [0.717, 1.165) is 40.9 Å². The number of aliphatic hydroxyl groups excluding tert-OH is 2. The molecule has 15 heteroatoms. The van der Waals surface area contributed by atoms with Crippen LogP contribution >= 0.6 is 35.0 Å². The summed E-state index contributed by atoms with van der Waals surface area (Å²) < 4.78 is 53.6. The number of benzene rings is 2. The number of aliphatic hydroxyl groups is 2. The van der Waals surface area contributed by atoms with Crippen LogP contribution in [0.3, 0.4) is 0 Å². The predicted octanol–water partition coefficient (Wildman–Crippen LogP) is 4.06. The summed E-state index contributed by atoms with van der Waals surface area (Å²) in [6.07, 6.45) is -0.890. The molecule has 1 aromatic heterocycles. The van der Waals surface area contributed by atoms with E-state index in [1.807, 2.05) is 0 Å². The average molecular weight is 592 g/mol. The van der Waals surface area contributed by atoms with Crippen LogP contribution < -0.4 is 0 Å². The first-order chi connectivity index (χ1) is 18.1. The van der Waals surface area contributed by atoms with Gasteiger partial charge in [0, 0.05) is 10.5 Å². The molecule has 1 aliphatic heterocycles. The standard InChI is InChI=1S/C23H18Cl2F3N3O6S/c24-12-2-1-11(7-13(12)25)38-23-22(36-4-3-18(33)34)20(21(35)17(9-32)37-23)31-8-16(29-30-31)10-5-14(26)19(28)15(27)6-10/h1-8,17,20-23,32,35H,9H2,(H,33,34)/b4-3-/t17-,20+,21+,22-,23-/m1/s1. The molecule has 0 bridgehead atoms. The number of halogens is 5. The number of carboxylic acids is 1. The van der Waals surface area contributed by atoms with Gasteiger partial charge in [0.1, 0.15) is 29.4 Å². The highest BCUT2D eigenvalue weighted by atomic mass is 35.5. The maximum atomic E-state index is 13.8. The zero-order valence-electron chi connectivity index (χ0n) is 18.9. The molecule has 9 nitrogen and oxygen atoms in total. The van der Waals surface area contributed by atoms with Crippen molar-refractivity contribution in [2.75, 3.05) is 6.61 Å². The molecule has 0 spiro atoms. The molecule has 1 saturated heterocycles. The molecule has 0 unspecified atom stereocenters. The van der Waals surface area contributed by atoms with E-state index in [2.05, 4.69) is 10.3 Å². The van der Waals surface area contributed by atoms with Crippen LogP contribution in [0.5, 0.6) is 0 Å². The normalized spacial score (nSPS) is 23.6. The lowest BCUT2D eigenvalue weighted by Gasteiger charge is -2.43. The molecule has 2 heterocycles. The lowest BCUT2D eigenvalue weighted by atomic mass is 9.97. The second kappa shape index (κ2) is 11.9. The maximum Gasteiger partial charge on any atom is 0.331 e. The van der Waals surface area contributed by atoms with Crippen LogP contribution in [0.2, 0.25) is 10.0 Å². The summed E-state index contributed by atoms with van der Waals surface area (Å²) in [7, 11) is 0. The summed E-state index contributed by atoms with van der Waals surface area (Å²) in [6.45, 7) is -0.607. The van der Waals surface area contributed by atoms with Crippen molar-refractivity contribution in [2.45, 2.75) is 34.7 Å². The Labute approximate surface area is 227 Å². The number of thioether (sulfide) groups is 1. The Morgan fingerprint density at radius 2 is 1.89 bits per heavy atom. The fraction of sp³-hybridized carbons (Fsp3) is 0.261. The van der Waals surface area contributed by atoms with Crippen LogP contribution in [-0.4, -0.2) is 66.6 Å². The van der Waals surface area contributed by atoms with E-state index in [9.17, 15) is 28.2 Å². The number of aliphatic carboxylic acids is 1. The van der Waals surface area contributed by atoms with E-state index < -0.39 is 59.8 Å². The minimum absolute atomic E-state index is 0.0597. The molecular weight excluding hydrogens is 574 g/mol. The third-order valence-corrected chi connectivity index (χ3v) is 7.39. The van der Waals surface area contributed by atoms with E-state index in [1.165, 1.54) is 6.20 Å². The van der Waals surface area contributed by atoms with Gasteiger partial charge in [-0.3, -0.25) is 0 Å². The first kappa shape index (κ1) is 28.2. The molecule has 0 saturated carbocycles. The van der Waals surface area contributed by atoms with Crippen molar-refractivity contribution < 1.29 is 42.8 Å². The Hall–Kier alpha value is -2.81. The summed E-state index contributed by atoms with van der Waals surface area (Å²) in [6, 6.07) is 5.07. The minimum Gasteiger partial charge on any atom is -0.492 e. The highest BCUT2D eigenvalue weighted by Crippen LogP contribution is 2.41. The lowest BCUT2D eigenvalue weighted by molar-refractivity contribution is -0.180. The van der Waals surface area contributed by atoms with Crippen molar-refractivity contribution in [1.29, 1.82) is 0 Å². The van der Waals surface area contributed by atoms with Gasteiger partial charge in [0.05, 0.1) is 35.2 Å². The van der Waals surface area contributed by atoms with Gasteiger partial charge in [0.15, 0.2) is 23.6 Å². The first-order valence-electron chi connectivity index (χ1n) is 10.8. The van der Waals surface area contributed by atoms with Crippen LogP contribution in [0.4, 0.5) is 13.2 Å². The average Bonchev–Trinajstić information content (AvgIpc) is 3.35. The van der Waals surface area contributed by atoms with Crippen molar-refractivity contribution in [2.24, 2.45) is 0 Å². The molecule has 0 aliphatic carbocycles. The number of carbonyl (C=O) groups is 1. The van der Waals surface area contributed by atoms with Crippen molar-refractivity contribution >= 4 is 40.9 Å². The molecule has 1 fully saturated rings.